The summed E-state index contributed by atoms with van der Waals surface area (Å²) in [6.07, 6.45) is 0. The molecule has 0 saturated heterocycles. The highest BCUT2D eigenvalue weighted by atomic mass is 32.1. The van der Waals surface area contributed by atoms with Crippen LogP contribution < -0.4 is 25.6 Å². The van der Waals surface area contributed by atoms with Gasteiger partial charge in [0.15, 0.2) is 16.6 Å². The van der Waals surface area contributed by atoms with E-state index in [1.54, 1.807) is 0 Å². The lowest BCUT2D eigenvalue weighted by atomic mass is 10.0. The standard InChI is InChI=1S/C19H21F2N3O3S/c1-11(2)12-4-7-14(8-5-12)22-19(28)24-23-17(25)13-6-9-15(27-18(20)21)16(10-13)26-3/h4-11,18H,1-3H3,(H,23,25)(H2,22,24,28). The first-order chi connectivity index (χ1) is 13.3. The number of rotatable bonds is 6. The summed E-state index contributed by atoms with van der Waals surface area (Å²) in [5, 5.41) is 3.14. The maximum Gasteiger partial charge on any atom is 0.387 e. The van der Waals surface area contributed by atoms with Crippen molar-refractivity contribution < 1.29 is 23.0 Å². The molecule has 0 spiro atoms. The minimum Gasteiger partial charge on any atom is -0.493 e. The lowest BCUT2D eigenvalue weighted by Crippen LogP contribution is -2.43. The molecule has 0 fully saturated rings. The highest BCUT2D eigenvalue weighted by Gasteiger charge is 2.14. The normalized spacial score (nSPS) is 10.5. The molecule has 0 heterocycles. The number of halogens is 2. The van der Waals surface area contributed by atoms with Crippen LogP contribution in [0.3, 0.4) is 0 Å². The Bertz CT molecular complexity index is 830. The first-order valence-electron chi connectivity index (χ1n) is 8.40. The third-order valence-corrected chi connectivity index (χ3v) is 3.97. The zero-order valence-electron chi connectivity index (χ0n) is 15.6. The van der Waals surface area contributed by atoms with Crippen LogP contribution in [0.25, 0.3) is 0 Å². The topological polar surface area (TPSA) is 71.6 Å². The number of carbonyl (C=O) groups excluding carboxylic acids is 1. The van der Waals surface area contributed by atoms with Crippen molar-refractivity contribution in [3.05, 3.63) is 53.6 Å². The third kappa shape index (κ3) is 6.05. The number of nitrogens with one attached hydrogen (secondary N) is 3. The predicted molar refractivity (Wildman–Crippen MR) is 107 cm³/mol. The summed E-state index contributed by atoms with van der Waals surface area (Å²) in [6.45, 7) is 1.21. The van der Waals surface area contributed by atoms with Crippen LogP contribution in [0.15, 0.2) is 42.5 Å². The van der Waals surface area contributed by atoms with E-state index in [4.69, 9.17) is 17.0 Å². The fourth-order valence-electron chi connectivity index (χ4n) is 2.30. The van der Waals surface area contributed by atoms with Gasteiger partial charge in [-0.2, -0.15) is 8.78 Å². The molecule has 0 aliphatic rings. The Hall–Kier alpha value is -2.94. The van der Waals surface area contributed by atoms with Crippen molar-refractivity contribution >= 4 is 28.9 Å². The van der Waals surface area contributed by atoms with Crippen molar-refractivity contribution in [3.63, 3.8) is 0 Å². The summed E-state index contributed by atoms with van der Waals surface area (Å²) in [5.41, 5.74) is 7.15. The minimum atomic E-state index is -2.99. The highest BCUT2D eigenvalue weighted by Crippen LogP contribution is 2.29. The third-order valence-electron chi connectivity index (χ3n) is 3.77. The van der Waals surface area contributed by atoms with Gasteiger partial charge in [-0.25, -0.2) is 0 Å². The molecule has 150 valence electrons. The minimum absolute atomic E-state index is 0.0129. The van der Waals surface area contributed by atoms with E-state index >= 15 is 0 Å². The zero-order chi connectivity index (χ0) is 20.7. The van der Waals surface area contributed by atoms with Gasteiger partial charge < -0.3 is 14.8 Å². The number of alkyl halides is 2. The SMILES string of the molecule is COc1cc(C(=O)NNC(=S)Nc2ccc(C(C)C)cc2)ccc1OC(F)F. The molecular formula is C19H21F2N3O3S. The van der Waals surface area contributed by atoms with E-state index in [1.807, 2.05) is 24.3 Å². The largest absolute Gasteiger partial charge is 0.493 e. The zero-order valence-corrected chi connectivity index (χ0v) is 16.4. The number of benzene rings is 2. The lowest BCUT2D eigenvalue weighted by molar-refractivity contribution is -0.0512. The number of methoxy groups -OCH3 is 1. The Balaban J connectivity index is 1.93. The van der Waals surface area contributed by atoms with Gasteiger partial charge in [-0.05, 0) is 54.0 Å². The Kier molecular flexibility index (Phi) is 7.51. The van der Waals surface area contributed by atoms with Gasteiger partial charge >= 0.3 is 6.61 Å². The van der Waals surface area contributed by atoms with Crippen LogP contribution in [0.2, 0.25) is 0 Å². The number of carbonyl (C=O) groups is 1. The summed E-state index contributed by atoms with van der Waals surface area (Å²) < 4.78 is 34.0. The Morgan fingerprint density at radius 3 is 2.29 bits per heavy atom. The van der Waals surface area contributed by atoms with Crippen LogP contribution in [0.4, 0.5) is 14.5 Å². The van der Waals surface area contributed by atoms with Gasteiger partial charge in [0, 0.05) is 11.3 Å². The summed E-state index contributed by atoms with van der Waals surface area (Å²) in [7, 11) is 1.29. The molecule has 28 heavy (non-hydrogen) atoms. The van der Waals surface area contributed by atoms with Crippen molar-refractivity contribution in [3.8, 4) is 11.5 Å². The molecule has 0 aromatic heterocycles. The van der Waals surface area contributed by atoms with Crippen molar-refractivity contribution in [1.82, 2.24) is 10.9 Å². The first kappa shape index (κ1) is 21.4. The first-order valence-corrected chi connectivity index (χ1v) is 8.81. The van der Waals surface area contributed by atoms with Crippen molar-refractivity contribution in [2.75, 3.05) is 12.4 Å². The number of hydrazine groups is 1. The second-order valence-electron chi connectivity index (χ2n) is 6.05. The number of anilines is 1. The molecule has 0 aliphatic carbocycles. The average molecular weight is 409 g/mol. The molecule has 0 unspecified atom stereocenters. The van der Waals surface area contributed by atoms with E-state index in [1.165, 1.54) is 30.9 Å². The molecular weight excluding hydrogens is 388 g/mol. The predicted octanol–water partition coefficient (Wildman–Crippen LogP) is 4.05. The molecule has 0 aliphatic heterocycles. The summed E-state index contributed by atoms with van der Waals surface area (Å²) in [6, 6.07) is 11.6. The van der Waals surface area contributed by atoms with Gasteiger partial charge in [-0.15, -0.1) is 0 Å². The number of hydrogen-bond donors (Lipinski definition) is 3. The molecule has 2 rings (SSSR count). The number of thiocarbonyl (C=S) groups is 1. The van der Waals surface area contributed by atoms with E-state index < -0.39 is 12.5 Å². The molecule has 9 heteroatoms. The smallest absolute Gasteiger partial charge is 0.387 e. The van der Waals surface area contributed by atoms with Gasteiger partial charge in [0.25, 0.3) is 5.91 Å². The molecule has 0 atom stereocenters. The maximum atomic E-state index is 12.4. The average Bonchev–Trinajstić information content (AvgIpc) is 2.66. The lowest BCUT2D eigenvalue weighted by Gasteiger charge is -2.14. The second kappa shape index (κ2) is 9.84. The number of hydrogen-bond acceptors (Lipinski definition) is 4. The second-order valence-corrected chi connectivity index (χ2v) is 6.46. The molecule has 0 radical (unpaired) electrons. The molecule has 1 amide bonds. The van der Waals surface area contributed by atoms with Crippen molar-refractivity contribution in [1.29, 1.82) is 0 Å². The molecule has 2 aromatic rings. The van der Waals surface area contributed by atoms with E-state index in [2.05, 4.69) is 34.8 Å². The van der Waals surface area contributed by atoms with Gasteiger partial charge in [0.1, 0.15) is 0 Å². The number of amides is 1. The van der Waals surface area contributed by atoms with E-state index in [0.717, 1.165) is 5.69 Å². The summed E-state index contributed by atoms with van der Waals surface area (Å²) in [4.78, 5) is 12.2. The van der Waals surface area contributed by atoms with E-state index in [-0.39, 0.29) is 22.2 Å². The van der Waals surface area contributed by atoms with Gasteiger partial charge in [0.05, 0.1) is 7.11 Å². The number of ether oxygens (including phenoxy) is 2. The van der Waals surface area contributed by atoms with Crippen LogP contribution in [0.1, 0.15) is 35.7 Å². The van der Waals surface area contributed by atoms with Crippen LogP contribution in [-0.4, -0.2) is 24.7 Å². The van der Waals surface area contributed by atoms with Gasteiger partial charge in [-0.1, -0.05) is 26.0 Å². The van der Waals surface area contributed by atoms with E-state index in [0.29, 0.717) is 5.92 Å². The summed E-state index contributed by atoms with van der Waals surface area (Å²) in [5.74, 6) is -0.253. The van der Waals surface area contributed by atoms with Crippen LogP contribution in [0.5, 0.6) is 11.5 Å². The Morgan fingerprint density at radius 1 is 1.04 bits per heavy atom. The molecule has 6 nitrogen and oxygen atoms in total. The Labute approximate surface area is 167 Å². The van der Waals surface area contributed by atoms with Gasteiger partial charge in [-0.3, -0.25) is 15.6 Å². The van der Waals surface area contributed by atoms with Crippen LogP contribution in [0, 0.1) is 0 Å². The summed E-state index contributed by atoms with van der Waals surface area (Å²) >= 11 is 5.14. The van der Waals surface area contributed by atoms with Crippen molar-refractivity contribution in [2.24, 2.45) is 0 Å². The van der Waals surface area contributed by atoms with Gasteiger partial charge in [0.2, 0.25) is 0 Å². The maximum absolute atomic E-state index is 12.4. The fourth-order valence-corrected chi connectivity index (χ4v) is 2.47. The van der Waals surface area contributed by atoms with Crippen molar-refractivity contribution in [2.45, 2.75) is 26.4 Å². The van der Waals surface area contributed by atoms with E-state index in [9.17, 15) is 13.6 Å². The quantitative estimate of drug-likeness (QED) is 0.494. The Morgan fingerprint density at radius 2 is 1.71 bits per heavy atom. The van der Waals surface area contributed by atoms with Crippen LogP contribution in [-0.2, 0) is 0 Å². The molecule has 3 N–H and O–H groups in total. The van der Waals surface area contributed by atoms with Crippen LogP contribution >= 0.6 is 12.2 Å². The molecule has 0 bridgehead atoms. The highest BCUT2D eigenvalue weighted by molar-refractivity contribution is 7.80. The molecule has 2 aromatic carbocycles. The monoisotopic (exact) mass is 409 g/mol. The molecule has 0 saturated carbocycles. The fraction of sp³-hybridized carbons (Fsp3) is 0.263.